The minimum Gasteiger partial charge on any atom is -0.478 e. The summed E-state index contributed by atoms with van der Waals surface area (Å²) in [5.74, 6) is -0.757. The van der Waals surface area contributed by atoms with Crippen molar-refractivity contribution in [2.75, 3.05) is 6.54 Å². The van der Waals surface area contributed by atoms with Crippen LogP contribution in [-0.2, 0) is 16.4 Å². The van der Waals surface area contributed by atoms with Crippen molar-refractivity contribution in [2.24, 2.45) is 0 Å². The highest BCUT2D eigenvalue weighted by molar-refractivity contribution is 7.89. The summed E-state index contributed by atoms with van der Waals surface area (Å²) in [6.07, 6.45) is 2.81. The molecule has 124 valence electrons. The number of hydrogen-bond acceptors (Lipinski definition) is 6. The number of aromatic carboxylic acids is 1. The van der Waals surface area contributed by atoms with Crippen LogP contribution < -0.4 is 4.72 Å². The van der Waals surface area contributed by atoms with Gasteiger partial charge in [-0.3, -0.25) is 5.10 Å². The summed E-state index contributed by atoms with van der Waals surface area (Å²) < 4.78 is 26.8. The van der Waals surface area contributed by atoms with Gasteiger partial charge >= 0.3 is 5.97 Å². The zero-order valence-electron chi connectivity index (χ0n) is 12.4. The van der Waals surface area contributed by atoms with Crippen LogP contribution in [0.25, 0.3) is 0 Å². The first kappa shape index (κ1) is 16.1. The number of hydrogen-bond donors (Lipinski definition) is 3. The fourth-order valence-electron chi connectivity index (χ4n) is 2.22. The second-order valence-corrected chi connectivity index (χ2v) is 8.05. The number of rotatable bonds is 7. The Morgan fingerprint density at radius 3 is 2.91 bits per heavy atom. The molecule has 0 unspecified atom stereocenters. The van der Waals surface area contributed by atoms with E-state index in [1.54, 1.807) is 0 Å². The molecule has 1 aliphatic carbocycles. The van der Waals surface area contributed by atoms with Gasteiger partial charge in [0, 0.05) is 30.0 Å². The molecule has 0 bridgehead atoms. The zero-order valence-corrected chi connectivity index (χ0v) is 14.0. The van der Waals surface area contributed by atoms with Gasteiger partial charge in [-0.25, -0.2) is 22.9 Å². The highest BCUT2D eigenvalue weighted by Crippen LogP contribution is 2.40. The lowest BCUT2D eigenvalue weighted by Gasteiger charge is -2.04. The van der Waals surface area contributed by atoms with E-state index in [2.05, 4.69) is 19.9 Å². The average Bonchev–Trinajstić information content (AvgIpc) is 3.08. The van der Waals surface area contributed by atoms with Crippen molar-refractivity contribution in [2.45, 2.75) is 37.1 Å². The molecule has 23 heavy (non-hydrogen) atoms. The average molecular weight is 356 g/mol. The van der Waals surface area contributed by atoms with Gasteiger partial charge < -0.3 is 5.11 Å². The molecule has 2 heterocycles. The summed E-state index contributed by atoms with van der Waals surface area (Å²) in [6, 6.07) is 0. The van der Waals surface area contributed by atoms with Gasteiger partial charge in [0.2, 0.25) is 5.03 Å². The molecule has 0 spiro atoms. The molecule has 1 aliphatic rings. The van der Waals surface area contributed by atoms with E-state index in [0.29, 0.717) is 12.3 Å². The van der Waals surface area contributed by atoms with E-state index in [0.717, 1.165) is 10.7 Å². The number of carboxylic acid groups (broad SMARTS) is 1. The lowest BCUT2D eigenvalue weighted by atomic mass is 10.3. The van der Waals surface area contributed by atoms with E-state index in [9.17, 15) is 13.2 Å². The molecule has 0 aromatic carbocycles. The van der Waals surface area contributed by atoms with E-state index in [1.165, 1.54) is 31.1 Å². The number of aromatic amines is 1. The Hall–Kier alpha value is -1.78. The molecule has 0 radical (unpaired) electrons. The molecular formula is C13H16N4O4S2. The normalized spacial score (nSPS) is 15.0. The molecule has 0 aliphatic heterocycles. The molecule has 2 aromatic rings. The SMILES string of the molecule is Cc1[nH]nc(S(=O)(=O)NCCc2nc(C3CC3)cs2)c1C(=O)O. The van der Waals surface area contributed by atoms with Crippen LogP contribution in [0, 0.1) is 6.92 Å². The first-order valence-corrected chi connectivity index (χ1v) is 9.47. The van der Waals surface area contributed by atoms with Gasteiger partial charge in [-0.1, -0.05) is 0 Å². The summed E-state index contributed by atoms with van der Waals surface area (Å²) in [5.41, 5.74) is 0.957. The van der Waals surface area contributed by atoms with Crippen LogP contribution in [0.3, 0.4) is 0 Å². The number of aryl methyl sites for hydroxylation is 1. The molecule has 0 atom stereocenters. The van der Waals surface area contributed by atoms with E-state index in [4.69, 9.17) is 5.11 Å². The van der Waals surface area contributed by atoms with Gasteiger partial charge in [0.15, 0.2) is 0 Å². The van der Waals surface area contributed by atoms with E-state index in [1.807, 2.05) is 5.38 Å². The molecule has 10 heteroatoms. The third-order valence-corrected chi connectivity index (χ3v) is 5.89. The Bertz CT molecular complexity index is 836. The number of thiazole rings is 1. The van der Waals surface area contributed by atoms with Crippen molar-refractivity contribution < 1.29 is 18.3 Å². The number of nitrogens with zero attached hydrogens (tertiary/aromatic N) is 2. The van der Waals surface area contributed by atoms with Crippen molar-refractivity contribution in [3.8, 4) is 0 Å². The minimum absolute atomic E-state index is 0.144. The predicted molar refractivity (Wildman–Crippen MR) is 83.3 cm³/mol. The molecule has 8 nitrogen and oxygen atoms in total. The van der Waals surface area contributed by atoms with Gasteiger partial charge in [0.25, 0.3) is 10.0 Å². The van der Waals surface area contributed by atoms with Crippen LogP contribution in [0.4, 0.5) is 0 Å². The van der Waals surface area contributed by atoms with E-state index in [-0.39, 0.29) is 17.8 Å². The molecule has 1 fully saturated rings. The molecule has 3 rings (SSSR count). The van der Waals surface area contributed by atoms with Gasteiger partial charge in [0.1, 0.15) is 5.56 Å². The van der Waals surface area contributed by atoms with Crippen LogP contribution in [0.15, 0.2) is 10.4 Å². The highest BCUT2D eigenvalue weighted by atomic mass is 32.2. The summed E-state index contributed by atoms with van der Waals surface area (Å²) in [4.78, 5) is 15.6. The lowest BCUT2D eigenvalue weighted by molar-refractivity contribution is 0.0692. The number of carbonyl (C=O) groups is 1. The first-order valence-electron chi connectivity index (χ1n) is 7.10. The van der Waals surface area contributed by atoms with Crippen molar-refractivity contribution in [3.63, 3.8) is 0 Å². The molecule has 0 amide bonds. The van der Waals surface area contributed by atoms with Crippen LogP contribution in [0.1, 0.15) is 45.5 Å². The first-order chi connectivity index (χ1) is 10.9. The fraction of sp³-hybridized carbons (Fsp3) is 0.462. The second kappa shape index (κ2) is 6.02. The quantitative estimate of drug-likeness (QED) is 0.686. The molecule has 2 aromatic heterocycles. The Morgan fingerprint density at radius 2 is 2.26 bits per heavy atom. The number of nitrogens with one attached hydrogen (secondary N) is 2. The maximum Gasteiger partial charge on any atom is 0.340 e. The largest absolute Gasteiger partial charge is 0.478 e. The Balaban J connectivity index is 1.65. The summed E-state index contributed by atoms with van der Waals surface area (Å²) >= 11 is 1.51. The standard InChI is InChI=1S/C13H16N4O4S2/c1-7-11(13(18)19)12(17-16-7)23(20,21)14-5-4-10-15-9(6-22-10)8-2-3-8/h6,8,14H,2-5H2,1H3,(H,16,17)(H,18,19). The molecule has 1 saturated carbocycles. The zero-order chi connectivity index (χ0) is 16.6. The van der Waals surface area contributed by atoms with Crippen LogP contribution in [0.2, 0.25) is 0 Å². The number of sulfonamides is 1. The van der Waals surface area contributed by atoms with Crippen molar-refractivity contribution in [3.05, 3.63) is 27.3 Å². The Morgan fingerprint density at radius 1 is 1.52 bits per heavy atom. The topological polar surface area (TPSA) is 125 Å². The van der Waals surface area contributed by atoms with E-state index < -0.39 is 21.0 Å². The summed E-state index contributed by atoms with van der Waals surface area (Å²) in [5, 5.41) is 17.5. The van der Waals surface area contributed by atoms with Crippen molar-refractivity contribution in [1.82, 2.24) is 19.9 Å². The van der Waals surface area contributed by atoms with Crippen molar-refractivity contribution in [1.29, 1.82) is 0 Å². The minimum atomic E-state index is -3.98. The third-order valence-electron chi connectivity index (χ3n) is 3.58. The monoisotopic (exact) mass is 356 g/mol. The Labute approximate surface area is 137 Å². The summed E-state index contributed by atoms with van der Waals surface area (Å²) in [7, 11) is -3.98. The molecule has 3 N–H and O–H groups in total. The molecule has 0 saturated heterocycles. The fourth-order valence-corrected chi connectivity index (χ4v) is 4.28. The van der Waals surface area contributed by atoms with Crippen molar-refractivity contribution >= 4 is 27.3 Å². The highest BCUT2D eigenvalue weighted by Gasteiger charge is 2.28. The third kappa shape index (κ3) is 3.43. The van der Waals surface area contributed by atoms with Gasteiger partial charge in [-0.05, 0) is 19.8 Å². The predicted octanol–water partition coefficient (Wildman–Crippen LogP) is 1.27. The van der Waals surface area contributed by atoms with Crippen LogP contribution in [-0.4, -0.2) is 41.2 Å². The van der Waals surface area contributed by atoms with E-state index >= 15 is 0 Å². The smallest absolute Gasteiger partial charge is 0.340 e. The number of aromatic nitrogens is 3. The molecular weight excluding hydrogens is 340 g/mol. The maximum atomic E-state index is 12.2. The number of H-pyrrole nitrogens is 1. The maximum absolute atomic E-state index is 12.2. The second-order valence-electron chi connectivity index (χ2n) is 5.42. The summed E-state index contributed by atoms with van der Waals surface area (Å²) in [6.45, 7) is 1.61. The van der Waals surface area contributed by atoms with Crippen LogP contribution in [0.5, 0.6) is 0 Å². The van der Waals surface area contributed by atoms with Gasteiger partial charge in [-0.15, -0.1) is 11.3 Å². The Kier molecular flexibility index (Phi) is 4.21. The van der Waals surface area contributed by atoms with Gasteiger partial charge in [0.05, 0.1) is 10.7 Å². The van der Waals surface area contributed by atoms with Crippen LogP contribution >= 0.6 is 11.3 Å². The van der Waals surface area contributed by atoms with Gasteiger partial charge in [-0.2, -0.15) is 5.10 Å². The lowest BCUT2D eigenvalue weighted by Crippen LogP contribution is -2.27. The number of carboxylic acids is 1.